The lowest BCUT2D eigenvalue weighted by Gasteiger charge is -2.08. The van der Waals surface area contributed by atoms with Crippen molar-refractivity contribution in [3.05, 3.63) is 44.4 Å². The Balaban J connectivity index is 1.98. The third kappa shape index (κ3) is 5.95. The molecule has 160 valence electrons. The molecule has 0 radical (unpaired) electrons. The number of nitriles is 1. The van der Waals surface area contributed by atoms with Crippen LogP contribution in [0.5, 0.6) is 0 Å². The highest BCUT2D eigenvalue weighted by Crippen LogP contribution is 2.22. The summed E-state index contributed by atoms with van der Waals surface area (Å²) in [6.45, 7) is 2.80. The fourth-order valence-electron chi connectivity index (χ4n) is 2.06. The van der Waals surface area contributed by atoms with E-state index in [0.717, 1.165) is 29.5 Å². The average Bonchev–Trinajstić information content (AvgIpc) is 3.10. The minimum Gasteiger partial charge on any atom is -0.316 e. The van der Waals surface area contributed by atoms with Gasteiger partial charge in [-0.1, -0.05) is 11.3 Å². The maximum atomic E-state index is 12.2. The van der Waals surface area contributed by atoms with Crippen LogP contribution in [-0.2, 0) is 14.4 Å². The van der Waals surface area contributed by atoms with Crippen LogP contribution in [0.25, 0.3) is 0 Å². The fourth-order valence-corrected chi connectivity index (χ4v) is 2.87. The summed E-state index contributed by atoms with van der Waals surface area (Å²) in [7, 11) is 0. The van der Waals surface area contributed by atoms with E-state index in [9.17, 15) is 29.3 Å². The topological polar surface area (TPSA) is 208 Å². The summed E-state index contributed by atoms with van der Waals surface area (Å²) in [5.74, 6) is -3.61. The van der Waals surface area contributed by atoms with Crippen molar-refractivity contribution < 1.29 is 24.1 Å². The Kier molecular flexibility index (Phi) is 7.15. The molecular weight excluding hydrogens is 432 g/mol. The van der Waals surface area contributed by atoms with Crippen LogP contribution in [0.15, 0.2) is 18.2 Å². The van der Waals surface area contributed by atoms with E-state index < -0.39 is 22.6 Å². The van der Waals surface area contributed by atoms with Gasteiger partial charge in [0.05, 0.1) is 21.9 Å². The number of hydrogen-bond donors (Lipinski definition) is 5. The number of nitrogens with zero attached hydrogens (tertiary/aromatic N) is 3. The molecule has 0 aliphatic rings. The summed E-state index contributed by atoms with van der Waals surface area (Å²) < 4.78 is 0. The number of nitro benzene ring substituents is 1. The number of hydrazine groups is 2. The second kappa shape index (κ2) is 9.76. The number of nitro groups is 1. The SMILES string of the molecule is CC(=O)NNc1nc(C)c(C(=O)NNC(=O)C(=O)Nc2ccc([N+](=O)[O-])cc2C#N)s1. The van der Waals surface area contributed by atoms with E-state index >= 15 is 0 Å². The zero-order valence-corrected chi connectivity index (χ0v) is 16.7. The maximum absolute atomic E-state index is 12.2. The Labute approximate surface area is 177 Å². The van der Waals surface area contributed by atoms with Crippen LogP contribution in [-0.4, -0.2) is 33.5 Å². The quantitative estimate of drug-likeness (QED) is 0.239. The molecule has 5 N–H and O–H groups in total. The molecule has 14 nitrogen and oxygen atoms in total. The summed E-state index contributed by atoms with van der Waals surface area (Å²) in [4.78, 5) is 61.2. The number of aromatic nitrogens is 1. The number of non-ortho nitro benzene ring substituents is 1. The van der Waals surface area contributed by atoms with Crippen LogP contribution in [0.3, 0.4) is 0 Å². The molecule has 31 heavy (non-hydrogen) atoms. The normalized spacial score (nSPS) is 9.71. The lowest BCUT2D eigenvalue weighted by Crippen LogP contribution is -2.46. The van der Waals surface area contributed by atoms with Gasteiger partial charge >= 0.3 is 11.8 Å². The van der Waals surface area contributed by atoms with Crippen LogP contribution in [0.2, 0.25) is 0 Å². The zero-order valence-electron chi connectivity index (χ0n) is 15.9. The Hall–Kier alpha value is -4.58. The number of rotatable bonds is 5. The van der Waals surface area contributed by atoms with Crippen LogP contribution >= 0.6 is 11.3 Å². The predicted molar refractivity (Wildman–Crippen MR) is 106 cm³/mol. The molecule has 2 rings (SSSR count). The first-order chi connectivity index (χ1) is 14.6. The minimum atomic E-state index is -1.26. The number of thiazole rings is 1. The molecule has 0 spiro atoms. The third-order valence-corrected chi connectivity index (χ3v) is 4.50. The molecule has 1 aromatic carbocycles. The van der Waals surface area contributed by atoms with Gasteiger partial charge in [-0.3, -0.25) is 51.0 Å². The molecule has 0 unspecified atom stereocenters. The van der Waals surface area contributed by atoms with Crippen molar-refractivity contribution in [1.82, 2.24) is 21.3 Å². The molecule has 0 aliphatic heterocycles. The van der Waals surface area contributed by atoms with E-state index in [-0.39, 0.29) is 32.9 Å². The van der Waals surface area contributed by atoms with Crippen LogP contribution in [0.4, 0.5) is 16.5 Å². The number of benzene rings is 1. The molecule has 1 heterocycles. The van der Waals surface area contributed by atoms with Crippen molar-refractivity contribution in [1.29, 1.82) is 5.26 Å². The van der Waals surface area contributed by atoms with Crippen LogP contribution in [0, 0.1) is 28.4 Å². The summed E-state index contributed by atoms with van der Waals surface area (Å²) in [5.41, 5.74) is 8.33. The highest BCUT2D eigenvalue weighted by molar-refractivity contribution is 7.17. The Morgan fingerprint density at radius 3 is 2.48 bits per heavy atom. The van der Waals surface area contributed by atoms with Gasteiger partial charge in [0.15, 0.2) is 0 Å². The minimum absolute atomic E-state index is 0.107. The van der Waals surface area contributed by atoms with Crippen molar-refractivity contribution in [2.45, 2.75) is 13.8 Å². The molecule has 4 amide bonds. The number of nitrogens with one attached hydrogen (secondary N) is 5. The molecule has 0 bridgehead atoms. The first-order valence-electron chi connectivity index (χ1n) is 8.22. The number of carbonyl (C=O) groups excluding carboxylic acids is 4. The number of amides is 4. The monoisotopic (exact) mass is 446 g/mol. The molecule has 0 atom stereocenters. The van der Waals surface area contributed by atoms with E-state index in [1.165, 1.54) is 13.8 Å². The van der Waals surface area contributed by atoms with Gasteiger partial charge in [0.2, 0.25) is 11.0 Å². The van der Waals surface area contributed by atoms with E-state index in [1.807, 2.05) is 10.9 Å². The molecular formula is C16H14N8O6S. The lowest BCUT2D eigenvalue weighted by molar-refractivity contribution is -0.384. The number of aryl methyl sites for hydroxylation is 1. The molecule has 1 aromatic heterocycles. The number of carbonyl (C=O) groups is 4. The Bertz CT molecular complexity index is 1120. The molecule has 15 heteroatoms. The largest absolute Gasteiger partial charge is 0.328 e. The van der Waals surface area contributed by atoms with E-state index in [0.29, 0.717) is 5.69 Å². The van der Waals surface area contributed by atoms with Gasteiger partial charge in [-0.05, 0) is 13.0 Å². The summed E-state index contributed by atoms with van der Waals surface area (Å²) in [5, 5.41) is 22.2. The molecule has 2 aromatic rings. The van der Waals surface area contributed by atoms with Gasteiger partial charge in [0.25, 0.3) is 11.6 Å². The lowest BCUT2D eigenvalue weighted by atomic mass is 10.1. The second-order valence-electron chi connectivity index (χ2n) is 5.70. The van der Waals surface area contributed by atoms with Gasteiger partial charge < -0.3 is 5.32 Å². The molecule has 0 saturated carbocycles. The first kappa shape index (κ1) is 22.7. The Morgan fingerprint density at radius 1 is 1.16 bits per heavy atom. The molecule has 0 fully saturated rings. The van der Waals surface area contributed by atoms with E-state index in [1.54, 1.807) is 6.07 Å². The van der Waals surface area contributed by atoms with Gasteiger partial charge in [-0.2, -0.15) is 5.26 Å². The van der Waals surface area contributed by atoms with Gasteiger partial charge in [-0.25, -0.2) is 4.98 Å². The van der Waals surface area contributed by atoms with Crippen molar-refractivity contribution >= 4 is 51.5 Å². The van der Waals surface area contributed by atoms with Crippen molar-refractivity contribution in [3.8, 4) is 6.07 Å². The van der Waals surface area contributed by atoms with Gasteiger partial charge in [0, 0.05) is 19.1 Å². The van der Waals surface area contributed by atoms with Gasteiger partial charge in [-0.15, -0.1) is 0 Å². The van der Waals surface area contributed by atoms with Crippen molar-refractivity contribution in [2.24, 2.45) is 0 Å². The summed E-state index contributed by atoms with van der Waals surface area (Å²) in [6.07, 6.45) is 0. The maximum Gasteiger partial charge on any atom is 0.328 e. The van der Waals surface area contributed by atoms with Crippen molar-refractivity contribution in [2.75, 3.05) is 10.7 Å². The van der Waals surface area contributed by atoms with Gasteiger partial charge in [0.1, 0.15) is 10.9 Å². The highest BCUT2D eigenvalue weighted by Gasteiger charge is 2.20. The van der Waals surface area contributed by atoms with E-state index in [4.69, 9.17) is 5.26 Å². The summed E-state index contributed by atoms with van der Waals surface area (Å²) >= 11 is 0.889. The Morgan fingerprint density at radius 2 is 1.87 bits per heavy atom. The van der Waals surface area contributed by atoms with Crippen molar-refractivity contribution in [3.63, 3.8) is 0 Å². The molecule has 0 aliphatic carbocycles. The zero-order chi connectivity index (χ0) is 23.1. The fraction of sp³-hybridized carbons (Fsp3) is 0.125. The van der Waals surface area contributed by atoms with Crippen LogP contribution < -0.4 is 27.0 Å². The average molecular weight is 446 g/mol. The predicted octanol–water partition coefficient (Wildman–Crippen LogP) is 0.0941. The smallest absolute Gasteiger partial charge is 0.316 e. The van der Waals surface area contributed by atoms with Crippen LogP contribution in [0.1, 0.15) is 27.9 Å². The first-order valence-corrected chi connectivity index (χ1v) is 9.04. The number of hydrogen-bond acceptors (Lipinski definition) is 10. The highest BCUT2D eigenvalue weighted by atomic mass is 32.1. The molecule has 0 saturated heterocycles. The summed E-state index contributed by atoms with van der Waals surface area (Å²) in [6, 6.07) is 4.77. The standard InChI is InChI=1S/C16H14N8O6S/c1-7-12(31-16(18-7)23-20-8(2)25)13(26)21-22-15(28)14(27)19-11-4-3-10(24(29)30)5-9(11)6-17/h3-5H,1-2H3,(H,18,23)(H,19,27)(H,20,25)(H,21,26)(H,22,28). The third-order valence-electron chi connectivity index (χ3n) is 3.43. The second-order valence-corrected chi connectivity index (χ2v) is 6.70. The van der Waals surface area contributed by atoms with E-state index in [2.05, 4.69) is 21.2 Å². The number of anilines is 2.